The summed E-state index contributed by atoms with van der Waals surface area (Å²) in [5.74, 6) is 0. The van der Waals surface area contributed by atoms with Crippen LogP contribution in [-0.2, 0) is 0 Å². The smallest absolute Gasteiger partial charge is 0.170 e. The normalized spacial score (nSPS) is 10.2. The molecule has 0 radical (unpaired) electrons. The average molecular weight is 222 g/mol. The molecule has 0 saturated carbocycles. The van der Waals surface area contributed by atoms with E-state index < -0.39 is 0 Å². The van der Waals surface area contributed by atoms with Crippen LogP contribution in [0, 0.1) is 13.8 Å². The highest BCUT2D eigenvalue weighted by Gasteiger charge is 2.00. The van der Waals surface area contributed by atoms with Crippen molar-refractivity contribution < 1.29 is 0 Å². The van der Waals surface area contributed by atoms with E-state index in [2.05, 4.69) is 56.5 Å². The lowest BCUT2D eigenvalue weighted by Gasteiger charge is -2.13. The van der Waals surface area contributed by atoms with E-state index in [-0.39, 0.29) is 0 Å². The highest BCUT2D eigenvalue weighted by atomic mass is 32.1. The van der Waals surface area contributed by atoms with Gasteiger partial charge in [-0.15, -0.1) is 0 Å². The quantitative estimate of drug-likeness (QED) is 0.752. The zero-order chi connectivity index (χ0) is 11.4. The maximum Gasteiger partial charge on any atom is 0.170 e. The van der Waals surface area contributed by atoms with Gasteiger partial charge in [0, 0.05) is 11.7 Å². The Morgan fingerprint density at radius 2 is 1.67 bits per heavy atom. The third kappa shape index (κ3) is 4.30. The Hall–Kier alpha value is -1.09. The summed E-state index contributed by atoms with van der Waals surface area (Å²) in [4.78, 5) is 0. The fourth-order valence-electron chi connectivity index (χ4n) is 1.48. The molecule has 0 saturated heterocycles. The van der Waals surface area contributed by atoms with E-state index in [0.717, 1.165) is 5.69 Å². The van der Waals surface area contributed by atoms with Crippen LogP contribution in [0.5, 0.6) is 0 Å². The van der Waals surface area contributed by atoms with Gasteiger partial charge in [0.15, 0.2) is 5.11 Å². The first-order chi connectivity index (χ1) is 6.97. The van der Waals surface area contributed by atoms with Gasteiger partial charge in [0.25, 0.3) is 0 Å². The lowest BCUT2D eigenvalue weighted by Crippen LogP contribution is -2.33. The summed E-state index contributed by atoms with van der Waals surface area (Å²) in [7, 11) is 0. The zero-order valence-corrected chi connectivity index (χ0v) is 10.5. The van der Waals surface area contributed by atoms with Gasteiger partial charge in [0.05, 0.1) is 0 Å². The highest BCUT2D eigenvalue weighted by molar-refractivity contribution is 7.80. The van der Waals surface area contributed by atoms with Gasteiger partial charge in [-0.25, -0.2) is 0 Å². The molecule has 0 atom stereocenters. The Kier molecular flexibility index (Phi) is 4.09. The molecule has 1 rings (SSSR count). The van der Waals surface area contributed by atoms with Crippen molar-refractivity contribution in [2.24, 2.45) is 0 Å². The number of rotatable bonds is 2. The van der Waals surface area contributed by atoms with Crippen molar-refractivity contribution in [1.82, 2.24) is 5.32 Å². The van der Waals surface area contributed by atoms with Crippen molar-refractivity contribution in [2.45, 2.75) is 33.7 Å². The van der Waals surface area contributed by atoms with Crippen LogP contribution in [0.15, 0.2) is 18.2 Å². The maximum atomic E-state index is 5.18. The van der Waals surface area contributed by atoms with Gasteiger partial charge < -0.3 is 10.6 Å². The first kappa shape index (κ1) is 12.0. The van der Waals surface area contributed by atoms with Crippen molar-refractivity contribution in [3.8, 4) is 0 Å². The molecule has 0 heterocycles. The summed E-state index contributed by atoms with van der Waals surface area (Å²) in [5.41, 5.74) is 3.53. The zero-order valence-electron chi connectivity index (χ0n) is 9.72. The second kappa shape index (κ2) is 5.12. The molecule has 0 aliphatic rings. The minimum absolute atomic E-state index is 0.357. The van der Waals surface area contributed by atoms with Crippen molar-refractivity contribution in [3.05, 3.63) is 29.3 Å². The van der Waals surface area contributed by atoms with Gasteiger partial charge in [-0.3, -0.25) is 0 Å². The molecule has 82 valence electrons. The van der Waals surface area contributed by atoms with Crippen molar-refractivity contribution >= 4 is 23.0 Å². The summed E-state index contributed by atoms with van der Waals surface area (Å²) >= 11 is 5.18. The summed E-state index contributed by atoms with van der Waals surface area (Å²) in [6.45, 7) is 8.29. The third-order valence-corrected chi connectivity index (χ3v) is 2.12. The van der Waals surface area contributed by atoms with Crippen LogP contribution in [0.2, 0.25) is 0 Å². The van der Waals surface area contributed by atoms with Gasteiger partial charge >= 0.3 is 0 Å². The maximum absolute atomic E-state index is 5.18. The van der Waals surface area contributed by atoms with Gasteiger partial charge in [-0.2, -0.15) is 0 Å². The SMILES string of the molecule is Cc1cc(C)cc(NC(=S)NC(C)C)c1. The largest absolute Gasteiger partial charge is 0.360 e. The van der Waals surface area contributed by atoms with Crippen molar-refractivity contribution in [2.75, 3.05) is 5.32 Å². The molecule has 0 bridgehead atoms. The Morgan fingerprint density at radius 1 is 1.13 bits per heavy atom. The molecular weight excluding hydrogens is 204 g/mol. The molecule has 15 heavy (non-hydrogen) atoms. The Morgan fingerprint density at radius 3 is 2.13 bits per heavy atom. The molecule has 0 spiro atoms. The molecule has 2 N–H and O–H groups in total. The van der Waals surface area contributed by atoms with Crippen LogP contribution in [0.4, 0.5) is 5.69 Å². The number of anilines is 1. The summed E-state index contributed by atoms with van der Waals surface area (Å²) in [6.07, 6.45) is 0. The van der Waals surface area contributed by atoms with Crippen LogP contribution in [0.1, 0.15) is 25.0 Å². The molecule has 0 unspecified atom stereocenters. The predicted molar refractivity (Wildman–Crippen MR) is 70.4 cm³/mol. The van der Waals surface area contributed by atoms with Gasteiger partial charge in [0.1, 0.15) is 0 Å². The number of aryl methyl sites for hydroxylation is 2. The molecule has 3 heteroatoms. The number of hydrogen-bond acceptors (Lipinski definition) is 1. The van der Waals surface area contributed by atoms with Crippen LogP contribution < -0.4 is 10.6 Å². The van der Waals surface area contributed by atoms with Crippen molar-refractivity contribution in [3.63, 3.8) is 0 Å². The topological polar surface area (TPSA) is 24.1 Å². The molecule has 0 aliphatic carbocycles. The molecular formula is C12H18N2S. The van der Waals surface area contributed by atoms with Crippen LogP contribution in [0.3, 0.4) is 0 Å². The van der Waals surface area contributed by atoms with Gasteiger partial charge in [-0.1, -0.05) is 6.07 Å². The number of nitrogens with one attached hydrogen (secondary N) is 2. The van der Waals surface area contributed by atoms with E-state index in [1.54, 1.807) is 0 Å². The van der Waals surface area contributed by atoms with Gasteiger partial charge in [-0.05, 0) is 63.2 Å². The van der Waals surface area contributed by atoms with Crippen molar-refractivity contribution in [1.29, 1.82) is 0 Å². The van der Waals surface area contributed by atoms with E-state index in [1.165, 1.54) is 11.1 Å². The summed E-state index contributed by atoms with van der Waals surface area (Å²) in [6, 6.07) is 6.67. The Bertz CT molecular complexity index is 338. The van der Waals surface area contributed by atoms with E-state index >= 15 is 0 Å². The summed E-state index contributed by atoms with van der Waals surface area (Å²) < 4.78 is 0. The first-order valence-electron chi connectivity index (χ1n) is 5.13. The fraction of sp³-hybridized carbons (Fsp3) is 0.417. The minimum atomic E-state index is 0.357. The van der Waals surface area contributed by atoms with Crippen LogP contribution in [-0.4, -0.2) is 11.2 Å². The average Bonchev–Trinajstić information content (AvgIpc) is 1.98. The lowest BCUT2D eigenvalue weighted by atomic mass is 10.1. The van der Waals surface area contributed by atoms with E-state index in [4.69, 9.17) is 12.2 Å². The van der Waals surface area contributed by atoms with E-state index in [1.807, 2.05) is 0 Å². The molecule has 0 amide bonds. The third-order valence-electron chi connectivity index (χ3n) is 1.90. The highest BCUT2D eigenvalue weighted by Crippen LogP contribution is 2.13. The van der Waals surface area contributed by atoms with E-state index in [9.17, 15) is 0 Å². The second-order valence-electron chi connectivity index (χ2n) is 4.13. The van der Waals surface area contributed by atoms with Crippen LogP contribution >= 0.6 is 12.2 Å². The van der Waals surface area contributed by atoms with E-state index in [0.29, 0.717) is 11.2 Å². The molecule has 0 aliphatic heterocycles. The molecule has 1 aromatic carbocycles. The first-order valence-corrected chi connectivity index (χ1v) is 5.54. The lowest BCUT2D eigenvalue weighted by molar-refractivity contribution is 0.739. The minimum Gasteiger partial charge on any atom is -0.360 e. The standard InChI is InChI=1S/C12H18N2S/c1-8(2)13-12(15)14-11-6-9(3)5-10(4)7-11/h5-8H,1-4H3,(H2,13,14,15). The molecule has 1 aromatic rings. The summed E-state index contributed by atoms with van der Waals surface area (Å²) in [5, 5.41) is 7.00. The number of hydrogen-bond donors (Lipinski definition) is 2. The van der Waals surface area contributed by atoms with Gasteiger partial charge in [0.2, 0.25) is 0 Å². The molecule has 0 aromatic heterocycles. The molecule has 0 fully saturated rings. The number of benzene rings is 1. The monoisotopic (exact) mass is 222 g/mol. The Labute approximate surface area is 97.1 Å². The molecule has 2 nitrogen and oxygen atoms in total. The predicted octanol–water partition coefficient (Wildman–Crippen LogP) is 3.00. The Balaban J connectivity index is 2.68. The second-order valence-corrected chi connectivity index (χ2v) is 4.54. The number of thiocarbonyl (C=S) groups is 1. The fourth-order valence-corrected chi connectivity index (χ4v) is 1.83. The van der Waals surface area contributed by atoms with Crippen LogP contribution in [0.25, 0.3) is 0 Å².